The van der Waals surface area contributed by atoms with Gasteiger partial charge in [0.2, 0.25) is 0 Å². The van der Waals surface area contributed by atoms with E-state index in [-0.39, 0.29) is 16.5 Å². The number of aromatic nitrogens is 1. The molecule has 1 aliphatic rings. The van der Waals surface area contributed by atoms with Crippen molar-refractivity contribution in [2.45, 2.75) is 24.8 Å². The largest absolute Gasteiger partial charge is 0.340 e. The average Bonchev–Trinajstić information content (AvgIpc) is 2.98. The van der Waals surface area contributed by atoms with Crippen LogP contribution >= 0.6 is 0 Å². The van der Waals surface area contributed by atoms with Gasteiger partial charge in [-0.15, -0.1) is 0 Å². The first-order chi connectivity index (χ1) is 11.4. The van der Waals surface area contributed by atoms with Crippen molar-refractivity contribution in [2.75, 3.05) is 17.8 Å². The molecule has 0 saturated carbocycles. The number of benzene rings is 1. The molecule has 128 valence electrons. The van der Waals surface area contributed by atoms with Gasteiger partial charge in [0.25, 0.3) is 15.9 Å². The zero-order valence-electron chi connectivity index (χ0n) is 13.2. The van der Waals surface area contributed by atoms with Crippen LogP contribution in [0.5, 0.6) is 0 Å². The van der Waals surface area contributed by atoms with Gasteiger partial charge in [-0.3, -0.25) is 9.52 Å². The third-order valence-corrected chi connectivity index (χ3v) is 5.24. The Hall–Kier alpha value is -2.35. The Kier molecular flexibility index (Phi) is 4.31. The molecule has 0 saturated heterocycles. The minimum absolute atomic E-state index is 0.0487. The molecule has 6 nitrogen and oxygen atoms in total. The molecule has 0 spiro atoms. The monoisotopic (exact) mass is 351 g/mol. The molecule has 24 heavy (non-hydrogen) atoms. The van der Waals surface area contributed by atoms with Crippen molar-refractivity contribution in [3.05, 3.63) is 48.0 Å². The number of hydrogen-bond acceptors (Lipinski definition) is 3. The number of rotatable bonds is 5. The van der Waals surface area contributed by atoms with E-state index >= 15 is 0 Å². The highest BCUT2D eigenvalue weighted by atomic mass is 32.2. The van der Waals surface area contributed by atoms with E-state index in [0.717, 1.165) is 6.42 Å². The Morgan fingerprint density at radius 2 is 2.00 bits per heavy atom. The Balaban J connectivity index is 1.90. The number of anilines is 1. The molecule has 3 rings (SSSR count). The highest BCUT2D eigenvalue weighted by Crippen LogP contribution is 2.23. The van der Waals surface area contributed by atoms with Crippen molar-refractivity contribution in [3.8, 4) is 0 Å². The number of halogens is 1. The summed E-state index contributed by atoms with van der Waals surface area (Å²) in [6.45, 7) is 3.71. The van der Waals surface area contributed by atoms with Gasteiger partial charge in [-0.1, -0.05) is 19.1 Å². The number of nitrogens with one attached hydrogen (secondary N) is 1. The van der Waals surface area contributed by atoms with Crippen molar-refractivity contribution in [3.63, 3.8) is 0 Å². The van der Waals surface area contributed by atoms with Gasteiger partial charge in [0.15, 0.2) is 0 Å². The van der Waals surface area contributed by atoms with Crippen LogP contribution in [-0.4, -0.2) is 36.9 Å². The molecule has 0 bridgehead atoms. The molecule has 1 aromatic heterocycles. The van der Waals surface area contributed by atoms with Crippen molar-refractivity contribution < 1.29 is 17.6 Å². The lowest BCUT2D eigenvalue weighted by molar-refractivity contribution is 0.0705. The second kappa shape index (κ2) is 6.27. The number of fused-ring (bicyclic) bond motifs is 1. The first-order valence-corrected chi connectivity index (χ1v) is 9.17. The standard InChI is InChI=1S/C16H18FN3O3S/c1-2-7-19-8-9-20-11-12(10-15(20)16(19)21)24(22,23)18-14-6-4-3-5-13(14)17/h3-6,10-11,18H,2,7-9H2,1H3. The number of amides is 1. The van der Waals surface area contributed by atoms with Gasteiger partial charge >= 0.3 is 0 Å². The van der Waals surface area contributed by atoms with Crippen LogP contribution in [0.2, 0.25) is 0 Å². The molecule has 0 fully saturated rings. The number of carbonyl (C=O) groups is 1. The molecule has 1 amide bonds. The fraction of sp³-hybridized carbons (Fsp3) is 0.312. The predicted molar refractivity (Wildman–Crippen MR) is 87.8 cm³/mol. The molecule has 1 N–H and O–H groups in total. The van der Waals surface area contributed by atoms with E-state index in [4.69, 9.17) is 0 Å². The van der Waals surface area contributed by atoms with Crippen LogP contribution in [0, 0.1) is 5.82 Å². The molecule has 2 aromatic rings. The summed E-state index contributed by atoms with van der Waals surface area (Å²) >= 11 is 0. The fourth-order valence-electron chi connectivity index (χ4n) is 2.72. The van der Waals surface area contributed by atoms with E-state index in [0.29, 0.717) is 25.3 Å². The minimum Gasteiger partial charge on any atom is -0.340 e. The summed E-state index contributed by atoms with van der Waals surface area (Å²) in [5, 5.41) is 0. The van der Waals surface area contributed by atoms with Crippen LogP contribution in [0.1, 0.15) is 23.8 Å². The lowest BCUT2D eigenvalue weighted by atomic mass is 10.2. The zero-order chi connectivity index (χ0) is 17.3. The Bertz CT molecular complexity index is 876. The lowest BCUT2D eigenvalue weighted by Crippen LogP contribution is -2.40. The SMILES string of the molecule is CCCN1CCn2cc(S(=O)(=O)Nc3ccccc3F)cc2C1=O. The highest BCUT2D eigenvalue weighted by Gasteiger charge is 2.28. The van der Waals surface area contributed by atoms with Crippen molar-refractivity contribution in [1.29, 1.82) is 0 Å². The van der Waals surface area contributed by atoms with E-state index < -0.39 is 15.8 Å². The quantitative estimate of drug-likeness (QED) is 0.898. The molecular formula is C16H18FN3O3S. The molecule has 2 heterocycles. The first-order valence-electron chi connectivity index (χ1n) is 7.69. The van der Waals surface area contributed by atoms with Gasteiger partial charge in [0.1, 0.15) is 16.4 Å². The average molecular weight is 351 g/mol. The maximum atomic E-state index is 13.7. The second-order valence-electron chi connectivity index (χ2n) is 5.63. The second-order valence-corrected chi connectivity index (χ2v) is 7.31. The summed E-state index contributed by atoms with van der Waals surface area (Å²) in [6.07, 6.45) is 2.26. The van der Waals surface area contributed by atoms with E-state index in [1.54, 1.807) is 9.47 Å². The first kappa shape index (κ1) is 16.5. The van der Waals surface area contributed by atoms with Crippen LogP contribution in [-0.2, 0) is 16.6 Å². The topological polar surface area (TPSA) is 71.4 Å². The third-order valence-electron chi connectivity index (χ3n) is 3.91. The van der Waals surface area contributed by atoms with Crippen LogP contribution in [0.15, 0.2) is 41.4 Å². The van der Waals surface area contributed by atoms with E-state index in [1.165, 1.54) is 36.5 Å². The molecule has 1 aliphatic heterocycles. The number of sulfonamides is 1. The van der Waals surface area contributed by atoms with E-state index in [9.17, 15) is 17.6 Å². The molecule has 0 unspecified atom stereocenters. The summed E-state index contributed by atoms with van der Waals surface area (Å²) in [4.78, 5) is 14.0. The Labute approximate surface area is 139 Å². The number of carbonyl (C=O) groups excluding carboxylic acids is 1. The summed E-state index contributed by atoms with van der Waals surface area (Å²) in [5.41, 5.74) is 0.212. The van der Waals surface area contributed by atoms with Gasteiger partial charge in [0, 0.05) is 25.8 Å². The van der Waals surface area contributed by atoms with Gasteiger partial charge in [-0.05, 0) is 24.6 Å². The van der Waals surface area contributed by atoms with E-state index in [2.05, 4.69) is 4.72 Å². The summed E-state index contributed by atoms with van der Waals surface area (Å²) in [6, 6.07) is 6.88. The molecule has 0 radical (unpaired) electrons. The molecule has 0 atom stereocenters. The third kappa shape index (κ3) is 3.01. The van der Waals surface area contributed by atoms with Crippen molar-refractivity contribution in [2.24, 2.45) is 0 Å². The number of nitrogens with zero attached hydrogens (tertiary/aromatic N) is 2. The van der Waals surface area contributed by atoms with Crippen LogP contribution in [0.4, 0.5) is 10.1 Å². The summed E-state index contributed by atoms with van der Waals surface area (Å²) < 4.78 is 42.5. The molecule has 1 aromatic carbocycles. The number of hydrogen-bond donors (Lipinski definition) is 1. The number of para-hydroxylation sites is 1. The van der Waals surface area contributed by atoms with Gasteiger partial charge in [-0.25, -0.2) is 12.8 Å². The van der Waals surface area contributed by atoms with Gasteiger partial charge in [0.05, 0.1) is 5.69 Å². The predicted octanol–water partition coefficient (Wildman–Crippen LogP) is 2.29. The van der Waals surface area contributed by atoms with Gasteiger partial charge in [-0.2, -0.15) is 0 Å². The van der Waals surface area contributed by atoms with Crippen molar-refractivity contribution in [1.82, 2.24) is 9.47 Å². The maximum Gasteiger partial charge on any atom is 0.270 e. The molecular weight excluding hydrogens is 333 g/mol. The van der Waals surface area contributed by atoms with Crippen molar-refractivity contribution >= 4 is 21.6 Å². The van der Waals surface area contributed by atoms with Crippen LogP contribution in [0.3, 0.4) is 0 Å². The van der Waals surface area contributed by atoms with Gasteiger partial charge < -0.3 is 9.47 Å². The lowest BCUT2D eigenvalue weighted by Gasteiger charge is -2.27. The summed E-state index contributed by atoms with van der Waals surface area (Å²) in [7, 11) is -3.96. The fourth-order valence-corrected chi connectivity index (χ4v) is 3.82. The minimum atomic E-state index is -3.96. The molecule has 0 aliphatic carbocycles. The summed E-state index contributed by atoms with van der Waals surface area (Å²) in [5.74, 6) is -0.842. The zero-order valence-corrected chi connectivity index (χ0v) is 14.0. The van der Waals surface area contributed by atoms with Crippen LogP contribution < -0.4 is 4.72 Å². The smallest absolute Gasteiger partial charge is 0.270 e. The molecule has 8 heteroatoms. The Morgan fingerprint density at radius 3 is 2.71 bits per heavy atom. The highest BCUT2D eigenvalue weighted by molar-refractivity contribution is 7.92. The Morgan fingerprint density at radius 1 is 1.25 bits per heavy atom. The van der Waals surface area contributed by atoms with E-state index in [1.807, 2.05) is 6.92 Å². The normalized spacial score (nSPS) is 14.6. The van der Waals surface area contributed by atoms with Crippen LogP contribution in [0.25, 0.3) is 0 Å². The maximum absolute atomic E-state index is 13.7.